The molecule has 1 N–H and O–H groups in total. The van der Waals surface area contributed by atoms with Gasteiger partial charge in [0.25, 0.3) is 6.43 Å². The van der Waals surface area contributed by atoms with E-state index in [2.05, 4.69) is 10.3 Å². The average molecular weight is 268 g/mol. The molecule has 0 radical (unpaired) electrons. The van der Waals surface area contributed by atoms with Gasteiger partial charge in [-0.2, -0.15) is 0 Å². The van der Waals surface area contributed by atoms with Gasteiger partial charge in [0.1, 0.15) is 11.7 Å². The van der Waals surface area contributed by atoms with Gasteiger partial charge in [0.15, 0.2) is 0 Å². The minimum atomic E-state index is -2.50. The predicted octanol–water partition coefficient (Wildman–Crippen LogP) is 3.31. The largest absolute Gasteiger partial charge is 0.361 e. The summed E-state index contributed by atoms with van der Waals surface area (Å²) in [4.78, 5) is 4.30. The molecule has 1 heterocycles. The Hall–Kier alpha value is -1.78. The first-order valence-electron chi connectivity index (χ1n) is 6.04. The van der Waals surface area contributed by atoms with E-state index in [4.69, 9.17) is 0 Å². The first-order chi connectivity index (χ1) is 9.02. The van der Waals surface area contributed by atoms with Gasteiger partial charge >= 0.3 is 0 Å². The van der Waals surface area contributed by atoms with Crippen molar-refractivity contribution in [2.45, 2.75) is 32.4 Å². The van der Waals surface area contributed by atoms with Crippen molar-refractivity contribution in [1.82, 2.24) is 5.32 Å². The number of fused-ring (bicyclic) bond motifs is 1. The molecule has 0 saturated heterocycles. The summed E-state index contributed by atoms with van der Waals surface area (Å²) in [7, 11) is 0. The van der Waals surface area contributed by atoms with E-state index in [1.165, 1.54) is 18.2 Å². The maximum Gasteiger partial charge on any atom is 0.263 e. The van der Waals surface area contributed by atoms with E-state index < -0.39 is 6.43 Å². The topological polar surface area (TPSA) is 24.4 Å². The molecule has 1 aliphatic carbocycles. The third-order valence-corrected chi connectivity index (χ3v) is 3.09. The van der Waals surface area contributed by atoms with Gasteiger partial charge in [-0.05, 0) is 19.9 Å². The van der Waals surface area contributed by atoms with Crippen molar-refractivity contribution in [2.24, 2.45) is 4.99 Å². The van der Waals surface area contributed by atoms with Gasteiger partial charge in [0.05, 0.1) is 12.1 Å². The van der Waals surface area contributed by atoms with Crippen LogP contribution in [-0.2, 0) is 0 Å². The second-order valence-electron chi connectivity index (χ2n) is 4.44. The minimum Gasteiger partial charge on any atom is -0.361 e. The SMILES string of the molecule is C/C=C\C(F)=C(/C)C1=NC2C=CC(C(F)F)=CC2N1. The highest BCUT2D eigenvalue weighted by Gasteiger charge is 2.30. The van der Waals surface area contributed by atoms with Crippen molar-refractivity contribution < 1.29 is 13.2 Å². The third-order valence-electron chi connectivity index (χ3n) is 3.09. The van der Waals surface area contributed by atoms with Gasteiger partial charge in [-0.15, -0.1) is 0 Å². The van der Waals surface area contributed by atoms with Gasteiger partial charge in [-0.3, -0.25) is 4.99 Å². The number of nitrogens with one attached hydrogen (secondary N) is 1. The van der Waals surface area contributed by atoms with Crippen molar-refractivity contribution in [2.75, 3.05) is 0 Å². The average Bonchev–Trinajstić information content (AvgIpc) is 2.80. The van der Waals surface area contributed by atoms with Crippen LogP contribution in [0.15, 0.2) is 52.3 Å². The van der Waals surface area contributed by atoms with Crippen LogP contribution >= 0.6 is 0 Å². The highest BCUT2D eigenvalue weighted by Crippen LogP contribution is 2.24. The highest BCUT2D eigenvalue weighted by molar-refractivity contribution is 6.00. The quantitative estimate of drug-likeness (QED) is 0.780. The lowest BCUT2D eigenvalue weighted by Crippen LogP contribution is -2.34. The molecule has 2 nitrogen and oxygen atoms in total. The number of hydrogen-bond donors (Lipinski definition) is 1. The van der Waals surface area contributed by atoms with E-state index in [1.54, 1.807) is 26.0 Å². The predicted molar refractivity (Wildman–Crippen MR) is 70.0 cm³/mol. The molecule has 0 aromatic heterocycles. The Kier molecular flexibility index (Phi) is 3.93. The van der Waals surface area contributed by atoms with Gasteiger partial charge in [0, 0.05) is 11.1 Å². The van der Waals surface area contributed by atoms with E-state index >= 15 is 0 Å². The molecular weight excluding hydrogens is 253 g/mol. The first kappa shape index (κ1) is 13.6. The van der Waals surface area contributed by atoms with E-state index in [0.717, 1.165) is 0 Å². The number of rotatable bonds is 3. The van der Waals surface area contributed by atoms with E-state index in [-0.39, 0.29) is 23.5 Å². The van der Waals surface area contributed by atoms with E-state index in [9.17, 15) is 13.2 Å². The Morgan fingerprint density at radius 3 is 2.84 bits per heavy atom. The van der Waals surface area contributed by atoms with Crippen molar-refractivity contribution in [3.05, 3.63) is 47.4 Å². The molecular formula is C14H15F3N2. The van der Waals surface area contributed by atoms with Crippen LogP contribution in [-0.4, -0.2) is 24.3 Å². The van der Waals surface area contributed by atoms with Crippen LogP contribution in [0.4, 0.5) is 13.2 Å². The zero-order valence-corrected chi connectivity index (χ0v) is 10.7. The normalized spacial score (nSPS) is 27.1. The Bertz CT molecular complexity index is 513. The van der Waals surface area contributed by atoms with Crippen LogP contribution in [0, 0.1) is 0 Å². The Labute approximate surface area is 110 Å². The third kappa shape index (κ3) is 2.80. The van der Waals surface area contributed by atoms with Crippen LogP contribution in [0.1, 0.15) is 13.8 Å². The molecule has 0 saturated carbocycles. The molecule has 0 amide bonds. The van der Waals surface area contributed by atoms with Gasteiger partial charge in [-0.25, -0.2) is 13.2 Å². The van der Waals surface area contributed by atoms with Gasteiger partial charge in [-0.1, -0.05) is 24.3 Å². The summed E-state index contributed by atoms with van der Waals surface area (Å²) in [5, 5.41) is 2.97. The second-order valence-corrected chi connectivity index (χ2v) is 4.44. The summed E-state index contributed by atoms with van der Waals surface area (Å²) in [5.41, 5.74) is 0.355. The van der Waals surface area contributed by atoms with E-state index in [1.807, 2.05) is 0 Å². The minimum absolute atomic E-state index is 0.0271. The highest BCUT2D eigenvalue weighted by atomic mass is 19.3. The second kappa shape index (κ2) is 5.47. The maximum atomic E-state index is 13.6. The number of allylic oxidation sites excluding steroid dienone is 5. The lowest BCUT2D eigenvalue weighted by Gasteiger charge is -2.17. The Morgan fingerprint density at radius 1 is 1.47 bits per heavy atom. The summed E-state index contributed by atoms with van der Waals surface area (Å²) in [6.07, 6.45) is 4.88. The fourth-order valence-electron chi connectivity index (χ4n) is 2.02. The standard InChI is InChI=1S/C14H15F3N2/c1-3-4-10(15)8(2)14-18-11-6-5-9(13(16)17)7-12(11)19-14/h3-7,11-13H,1-2H3,(H,18,19)/b4-3-,10-8-. The molecule has 0 fully saturated rings. The molecule has 1 aliphatic heterocycles. The van der Waals surface area contributed by atoms with E-state index in [0.29, 0.717) is 11.4 Å². The molecule has 2 atom stereocenters. The number of aliphatic imine (C=N–C) groups is 1. The molecule has 2 unspecified atom stereocenters. The maximum absolute atomic E-state index is 13.6. The molecule has 0 aromatic rings. The molecule has 5 heteroatoms. The van der Waals surface area contributed by atoms with Crippen molar-refractivity contribution in [3.63, 3.8) is 0 Å². The number of halogens is 3. The lowest BCUT2D eigenvalue weighted by atomic mass is 10.00. The summed E-state index contributed by atoms with van der Waals surface area (Å²) in [5.74, 6) is 0.0384. The summed E-state index contributed by atoms with van der Waals surface area (Å²) in [6, 6.07) is -0.566. The lowest BCUT2D eigenvalue weighted by molar-refractivity contribution is 0.193. The smallest absolute Gasteiger partial charge is 0.263 e. The van der Waals surface area contributed by atoms with Crippen LogP contribution in [0.3, 0.4) is 0 Å². The summed E-state index contributed by atoms with van der Waals surface area (Å²) < 4.78 is 38.8. The first-order valence-corrected chi connectivity index (χ1v) is 6.04. The van der Waals surface area contributed by atoms with Crippen LogP contribution < -0.4 is 5.32 Å². The Morgan fingerprint density at radius 2 is 2.21 bits per heavy atom. The molecule has 0 bridgehead atoms. The Balaban J connectivity index is 2.20. The number of nitrogens with zero attached hydrogens (tertiary/aromatic N) is 1. The molecule has 2 aliphatic rings. The summed E-state index contributed by atoms with van der Waals surface area (Å²) in [6.45, 7) is 3.33. The van der Waals surface area contributed by atoms with Gasteiger partial charge < -0.3 is 5.32 Å². The van der Waals surface area contributed by atoms with Crippen molar-refractivity contribution >= 4 is 5.84 Å². The zero-order chi connectivity index (χ0) is 14.0. The summed E-state index contributed by atoms with van der Waals surface area (Å²) >= 11 is 0. The molecule has 2 rings (SSSR count). The molecule has 0 aromatic carbocycles. The molecule has 19 heavy (non-hydrogen) atoms. The van der Waals surface area contributed by atoms with Crippen molar-refractivity contribution in [1.29, 1.82) is 0 Å². The zero-order valence-electron chi connectivity index (χ0n) is 10.7. The number of hydrogen-bond acceptors (Lipinski definition) is 2. The molecule has 0 spiro atoms. The number of alkyl halides is 2. The fourth-order valence-corrected chi connectivity index (χ4v) is 2.02. The van der Waals surface area contributed by atoms with Crippen molar-refractivity contribution in [3.8, 4) is 0 Å². The molecule has 102 valence electrons. The van der Waals surface area contributed by atoms with Crippen LogP contribution in [0.5, 0.6) is 0 Å². The monoisotopic (exact) mass is 268 g/mol. The van der Waals surface area contributed by atoms with Crippen LogP contribution in [0.25, 0.3) is 0 Å². The fraction of sp³-hybridized carbons (Fsp3) is 0.357. The number of amidine groups is 1. The van der Waals surface area contributed by atoms with Gasteiger partial charge in [0.2, 0.25) is 0 Å². The van der Waals surface area contributed by atoms with Crippen LogP contribution in [0.2, 0.25) is 0 Å².